The predicted octanol–water partition coefficient (Wildman–Crippen LogP) is 2.18. The molecule has 1 aromatic rings. The molecule has 0 aliphatic carbocycles. The fraction of sp³-hybridized carbons (Fsp3) is 0.632. The van der Waals surface area contributed by atoms with E-state index in [1.54, 1.807) is 0 Å². The zero-order valence-electron chi connectivity index (χ0n) is 15.8. The standard InChI is InChI=1S/C19H30N4O2.HI/c1-20-19(22(2)14-16-7-10-25-15-16)21-13-17-5-3-4-6-18(17)23-8-11-24-12-9-23;/h3-6,16H,7-15H2,1-2H3,(H,20,21);1H. The number of rotatable bonds is 5. The highest BCUT2D eigenvalue weighted by Crippen LogP contribution is 2.21. The molecule has 26 heavy (non-hydrogen) atoms. The Kier molecular flexibility index (Phi) is 8.94. The fourth-order valence-electron chi connectivity index (χ4n) is 3.53. The Morgan fingerprint density at radius 3 is 2.69 bits per heavy atom. The Hall–Kier alpha value is -1.06. The van der Waals surface area contributed by atoms with E-state index in [4.69, 9.17) is 9.47 Å². The maximum absolute atomic E-state index is 5.48. The summed E-state index contributed by atoms with van der Waals surface area (Å²) in [6.45, 7) is 7.00. The van der Waals surface area contributed by atoms with E-state index in [1.807, 2.05) is 7.05 Å². The van der Waals surface area contributed by atoms with Gasteiger partial charge in [-0.3, -0.25) is 4.99 Å². The molecule has 1 N–H and O–H groups in total. The summed E-state index contributed by atoms with van der Waals surface area (Å²) in [6, 6.07) is 8.60. The van der Waals surface area contributed by atoms with Gasteiger partial charge in [-0.05, 0) is 18.1 Å². The van der Waals surface area contributed by atoms with Crippen LogP contribution in [-0.4, -0.2) is 71.0 Å². The molecule has 1 aromatic carbocycles. The molecule has 2 fully saturated rings. The van der Waals surface area contributed by atoms with Crippen LogP contribution < -0.4 is 10.2 Å². The summed E-state index contributed by atoms with van der Waals surface area (Å²) < 4.78 is 11.0. The predicted molar refractivity (Wildman–Crippen MR) is 117 cm³/mol. The van der Waals surface area contributed by atoms with Gasteiger partial charge in [0.2, 0.25) is 0 Å². The monoisotopic (exact) mass is 474 g/mol. The number of hydrogen-bond donors (Lipinski definition) is 1. The van der Waals surface area contributed by atoms with E-state index >= 15 is 0 Å². The molecular formula is C19H31IN4O2. The second-order valence-corrected chi connectivity index (χ2v) is 6.74. The maximum atomic E-state index is 5.48. The number of morpholine rings is 1. The average molecular weight is 474 g/mol. The summed E-state index contributed by atoms with van der Waals surface area (Å²) in [6.07, 6.45) is 1.14. The number of para-hydroxylation sites is 1. The molecule has 0 bridgehead atoms. The van der Waals surface area contributed by atoms with Crippen LogP contribution in [0.25, 0.3) is 0 Å². The molecule has 2 heterocycles. The molecular weight excluding hydrogens is 443 g/mol. The molecule has 6 nitrogen and oxygen atoms in total. The lowest BCUT2D eigenvalue weighted by Gasteiger charge is -2.31. The summed E-state index contributed by atoms with van der Waals surface area (Å²) in [5, 5.41) is 3.52. The zero-order chi connectivity index (χ0) is 17.5. The first-order chi connectivity index (χ1) is 12.3. The third-order valence-electron chi connectivity index (χ3n) is 4.91. The number of halogens is 1. The lowest BCUT2D eigenvalue weighted by molar-refractivity contribution is 0.122. The Balaban J connectivity index is 0.00000243. The second kappa shape index (κ2) is 10.9. The summed E-state index contributed by atoms with van der Waals surface area (Å²) in [4.78, 5) is 9.05. The zero-order valence-corrected chi connectivity index (χ0v) is 18.1. The molecule has 2 saturated heterocycles. The van der Waals surface area contributed by atoms with E-state index in [0.29, 0.717) is 5.92 Å². The van der Waals surface area contributed by atoms with Crippen LogP contribution in [0.2, 0.25) is 0 Å². The van der Waals surface area contributed by atoms with E-state index in [2.05, 4.69) is 51.4 Å². The van der Waals surface area contributed by atoms with Crippen molar-refractivity contribution in [3.8, 4) is 0 Å². The lowest BCUT2D eigenvalue weighted by atomic mass is 10.1. The van der Waals surface area contributed by atoms with Crippen LogP contribution in [0.15, 0.2) is 29.3 Å². The fourth-order valence-corrected chi connectivity index (χ4v) is 3.53. The minimum Gasteiger partial charge on any atom is -0.381 e. The third kappa shape index (κ3) is 5.72. The molecule has 2 aliphatic rings. The van der Waals surface area contributed by atoms with Gasteiger partial charge >= 0.3 is 0 Å². The van der Waals surface area contributed by atoms with Crippen molar-refractivity contribution in [3.63, 3.8) is 0 Å². The SMILES string of the molecule is CN=C(NCc1ccccc1N1CCOCC1)N(C)CC1CCOC1.I. The van der Waals surface area contributed by atoms with Crippen LogP contribution in [-0.2, 0) is 16.0 Å². The van der Waals surface area contributed by atoms with Crippen molar-refractivity contribution in [1.29, 1.82) is 0 Å². The molecule has 0 aromatic heterocycles. The Bertz CT molecular complexity index is 572. The Morgan fingerprint density at radius 2 is 2.00 bits per heavy atom. The van der Waals surface area contributed by atoms with Crippen LogP contribution in [0.4, 0.5) is 5.69 Å². The van der Waals surface area contributed by atoms with E-state index in [0.717, 1.165) is 65.0 Å². The quantitative estimate of drug-likeness (QED) is 0.403. The molecule has 2 aliphatic heterocycles. The van der Waals surface area contributed by atoms with E-state index in [-0.39, 0.29) is 24.0 Å². The highest BCUT2D eigenvalue weighted by atomic mass is 127. The molecule has 0 spiro atoms. The van der Waals surface area contributed by atoms with Gasteiger partial charge in [-0.1, -0.05) is 18.2 Å². The van der Waals surface area contributed by atoms with Crippen molar-refractivity contribution in [2.45, 2.75) is 13.0 Å². The molecule has 3 rings (SSSR count). The number of aliphatic imine (C=N–C) groups is 1. The van der Waals surface area contributed by atoms with Crippen LogP contribution in [0, 0.1) is 5.92 Å². The Morgan fingerprint density at radius 1 is 1.23 bits per heavy atom. The topological polar surface area (TPSA) is 49.3 Å². The number of hydrogen-bond acceptors (Lipinski definition) is 4. The van der Waals surface area contributed by atoms with Crippen LogP contribution in [0.5, 0.6) is 0 Å². The molecule has 0 saturated carbocycles. The van der Waals surface area contributed by atoms with Crippen molar-refractivity contribution in [1.82, 2.24) is 10.2 Å². The van der Waals surface area contributed by atoms with Crippen molar-refractivity contribution < 1.29 is 9.47 Å². The maximum Gasteiger partial charge on any atom is 0.193 e. The molecule has 0 radical (unpaired) electrons. The summed E-state index contributed by atoms with van der Waals surface area (Å²) in [5.74, 6) is 1.54. The van der Waals surface area contributed by atoms with Gasteiger partial charge in [0.05, 0.1) is 19.8 Å². The minimum absolute atomic E-state index is 0. The molecule has 1 unspecified atom stereocenters. The number of ether oxygens (including phenoxy) is 2. The molecule has 0 amide bonds. The Labute approximate surface area is 173 Å². The summed E-state index contributed by atoms with van der Waals surface area (Å²) in [7, 11) is 3.94. The van der Waals surface area contributed by atoms with E-state index in [1.165, 1.54) is 11.3 Å². The smallest absolute Gasteiger partial charge is 0.193 e. The number of nitrogens with zero attached hydrogens (tertiary/aromatic N) is 3. The summed E-state index contributed by atoms with van der Waals surface area (Å²) >= 11 is 0. The van der Waals surface area contributed by atoms with Crippen LogP contribution in [0.1, 0.15) is 12.0 Å². The first-order valence-electron chi connectivity index (χ1n) is 9.18. The first-order valence-corrected chi connectivity index (χ1v) is 9.18. The highest BCUT2D eigenvalue weighted by Gasteiger charge is 2.19. The normalized spacial score (nSPS) is 20.6. The van der Waals surface area contributed by atoms with Gasteiger partial charge in [-0.2, -0.15) is 0 Å². The van der Waals surface area contributed by atoms with E-state index in [9.17, 15) is 0 Å². The minimum atomic E-state index is 0. The molecule has 1 atom stereocenters. The second-order valence-electron chi connectivity index (χ2n) is 6.74. The van der Waals surface area contributed by atoms with Crippen molar-refractivity contribution in [2.75, 3.05) is 65.1 Å². The van der Waals surface area contributed by atoms with Gasteiger partial charge in [0.25, 0.3) is 0 Å². The van der Waals surface area contributed by atoms with Crippen LogP contribution in [0.3, 0.4) is 0 Å². The molecule has 146 valence electrons. The largest absolute Gasteiger partial charge is 0.381 e. The van der Waals surface area contributed by atoms with Gasteiger partial charge in [0.15, 0.2) is 5.96 Å². The van der Waals surface area contributed by atoms with Gasteiger partial charge in [-0.25, -0.2) is 0 Å². The number of guanidine groups is 1. The van der Waals surface area contributed by atoms with E-state index < -0.39 is 0 Å². The number of benzene rings is 1. The average Bonchev–Trinajstić information content (AvgIpc) is 3.16. The number of anilines is 1. The highest BCUT2D eigenvalue weighted by molar-refractivity contribution is 14.0. The van der Waals surface area contributed by atoms with Crippen molar-refractivity contribution in [3.05, 3.63) is 29.8 Å². The van der Waals surface area contributed by atoms with Crippen molar-refractivity contribution in [2.24, 2.45) is 10.9 Å². The van der Waals surface area contributed by atoms with Gasteiger partial charge in [0, 0.05) is 58.5 Å². The first kappa shape index (κ1) is 21.2. The van der Waals surface area contributed by atoms with Gasteiger partial charge in [-0.15, -0.1) is 24.0 Å². The number of nitrogens with one attached hydrogen (secondary N) is 1. The van der Waals surface area contributed by atoms with Crippen molar-refractivity contribution >= 4 is 35.6 Å². The molecule has 7 heteroatoms. The van der Waals surface area contributed by atoms with Crippen LogP contribution >= 0.6 is 24.0 Å². The van der Waals surface area contributed by atoms with Gasteiger partial charge < -0.3 is 24.6 Å². The summed E-state index contributed by atoms with van der Waals surface area (Å²) in [5.41, 5.74) is 2.59. The lowest BCUT2D eigenvalue weighted by Crippen LogP contribution is -2.41. The van der Waals surface area contributed by atoms with Gasteiger partial charge in [0.1, 0.15) is 0 Å². The third-order valence-corrected chi connectivity index (χ3v) is 4.91.